The Kier molecular flexibility index (Phi) is 4.96. The molecule has 5 heteroatoms. The van der Waals surface area contributed by atoms with Crippen molar-refractivity contribution in [2.45, 2.75) is 6.92 Å². The van der Waals surface area contributed by atoms with E-state index >= 15 is 0 Å². The number of carbonyl (C=O) groups is 1. The fraction of sp³-hybridized carbons (Fsp3) is 0.0833. The molecule has 0 aliphatic heterocycles. The van der Waals surface area contributed by atoms with Gasteiger partial charge in [-0.3, -0.25) is 0 Å². The Morgan fingerprint density at radius 1 is 0.931 bits per heavy atom. The summed E-state index contributed by atoms with van der Waals surface area (Å²) < 4.78 is 19.0. The highest BCUT2D eigenvalue weighted by Gasteiger charge is 2.10. The Morgan fingerprint density at radius 2 is 1.55 bits per heavy atom. The lowest BCUT2D eigenvalue weighted by atomic mass is 10.0. The van der Waals surface area contributed by atoms with Gasteiger partial charge in [0, 0.05) is 16.5 Å². The third-order valence-electron chi connectivity index (χ3n) is 4.67. The van der Waals surface area contributed by atoms with Gasteiger partial charge < -0.3 is 14.6 Å². The number of rotatable bonds is 5. The molecule has 0 spiro atoms. The summed E-state index contributed by atoms with van der Waals surface area (Å²) in [4.78, 5) is 16.0. The van der Waals surface area contributed by atoms with Crippen LogP contribution in [0.15, 0.2) is 72.8 Å². The van der Waals surface area contributed by atoms with Crippen LogP contribution in [0.3, 0.4) is 0 Å². The minimum Gasteiger partial charge on any atom is -0.545 e. The number of aromatic carboxylic acids is 1. The molecule has 0 amide bonds. The molecule has 4 aromatic rings. The second-order valence-corrected chi connectivity index (χ2v) is 6.54. The molecule has 0 unspecified atom stereocenters. The Morgan fingerprint density at radius 3 is 2.17 bits per heavy atom. The Balaban J connectivity index is 1.71. The molecule has 4 nitrogen and oxygen atoms in total. The van der Waals surface area contributed by atoms with E-state index in [0.717, 1.165) is 28.5 Å². The second kappa shape index (κ2) is 7.72. The van der Waals surface area contributed by atoms with E-state index < -0.39 is 11.8 Å². The van der Waals surface area contributed by atoms with Gasteiger partial charge in [0.15, 0.2) is 0 Å². The standard InChI is InChI=1S/C24H18FNO3/c1-2-29-19-10-7-16(8-11-19)15-3-5-17(6-4-15)23-14-21(24(27)28)20-13-18(25)9-12-22(20)26-23/h3-14H,2H2,1H3,(H,27,28)/p-1. The van der Waals surface area contributed by atoms with Gasteiger partial charge in [0.25, 0.3) is 0 Å². The Labute approximate surface area is 167 Å². The first kappa shape index (κ1) is 18.6. The number of benzene rings is 3. The van der Waals surface area contributed by atoms with E-state index in [1.54, 1.807) is 0 Å². The van der Waals surface area contributed by atoms with Gasteiger partial charge >= 0.3 is 0 Å². The van der Waals surface area contributed by atoms with Crippen molar-refractivity contribution in [3.8, 4) is 28.1 Å². The summed E-state index contributed by atoms with van der Waals surface area (Å²) in [7, 11) is 0. The molecule has 0 saturated heterocycles. The molecule has 1 heterocycles. The molecule has 0 aliphatic carbocycles. The normalized spacial score (nSPS) is 10.8. The molecule has 29 heavy (non-hydrogen) atoms. The summed E-state index contributed by atoms with van der Waals surface area (Å²) in [6.45, 7) is 2.56. The van der Waals surface area contributed by atoms with E-state index in [0.29, 0.717) is 17.8 Å². The van der Waals surface area contributed by atoms with Gasteiger partial charge in [-0.05, 0) is 54.4 Å². The SMILES string of the molecule is CCOc1ccc(-c2ccc(-c3cc(C(=O)[O-])c4cc(F)ccc4n3)cc2)cc1. The summed E-state index contributed by atoms with van der Waals surface area (Å²) in [6.07, 6.45) is 0. The Bertz CT molecular complexity index is 1190. The van der Waals surface area contributed by atoms with E-state index in [9.17, 15) is 14.3 Å². The maximum absolute atomic E-state index is 13.5. The summed E-state index contributed by atoms with van der Waals surface area (Å²) >= 11 is 0. The molecule has 0 radical (unpaired) electrons. The van der Waals surface area contributed by atoms with Gasteiger partial charge in [0.2, 0.25) is 0 Å². The van der Waals surface area contributed by atoms with Crippen LogP contribution in [0, 0.1) is 5.82 Å². The largest absolute Gasteiger partial charge is 0.545 e. The number of hydrogen-bond acceptors (Lipinski definition) is 4. The van der Waals surface area contributed by atoms with Gasteiger partial charge in [-0.2, -0.15) is 0 Å². The monoisotopic (exact) mass is 386 g/mol. The topological polar surface area (TPSA) is 62.2 Å². The van der Waals surface area contributed by atoms with Crippen LogP contribution >= 0.6 is 0 Å². The molecular formula is C24H17FNO3-. The van der Waals surface area contributed by atoms with Crippen LogP contribution in [-0.2, 0) is 0 Å². The highest BCUT2D eigenvalue weighted by Crippen LogP contribution is 2.28. The van der Waals surface area contributed by atoms with Crippen molar-refractivity contribution in [3.63, 3.8) is 0 Å². The highest BCUT2D eigenvalue weighted by molar-refractivity contribution is 6.02. The van der Waals surface area contributed by atoms with Gasteiger partial charge in [0.1, 0.15) is 11.6 Å². The maximum Gasteiger partial charge on any atom is 0.123 e. The van der Waals surface area contributed by atoms with E-state index in [2.05, 4.69) is 4.98 Å². The molecule has 3 aromatic carbocycles. The molecular weight excluding hydrogens is 369 g/mol. The predicted octanol–water partition coefficient (Wildman–Crippen LogP) is 4.47. The van der Waals surface area contributed by atoms with Crippen molar-refractivity contribution in [2.75, 3.05) is 6.61 Å². The van der Waals surface area contributed by atoms with Crippen molar-refractivity contribution < 1.29 is 19.0 Å². The number of carboxylic acids is 1. The zero-order valence-corrected chi connectivity index (χ0v) is 15.7. The zero-order valence-electron chi connectivity index (χ0n) is 15.7. The smallest absolute Gasteiger partial charge is 0.123 e. The fourth-order valence-corrected chi connectivity index (χ4v) is 3.26. The third-order valence-corrected chi connectivity index (χ3v) is 4.67. The molecule has 0 aliphatic rings. The predicted molar refractivity (Wildman–Crippen MR) is 108 cm³/mol. The molecule has 144 valence electrons. The molecule has 0 atom stereocenters. The molecule has 1 aromatic heterocycles. The van der Waals surface area contributed by atoms with Gasteiger partial charge in [-0.1, -0.05) is 36.4 Å². The van der Waals surface area contributed by atoms with Crippen LogP contribution in [0.4, 0.5) is 4.39 Å². The average molecular weight is 386 g/mol. The zero-order chi connectivity index (χ0) is 20.4. The second-order valence-electron chi connectivity index (χ2n) is 6.54. The summed E-state index contributed by atoms with van der Waals surface area (Å²) in [6, 6.07) is 20.8. The molecule has 0 bridgehead atoms. The first-order valence-electron chi connectivity index (χ1n) is 9.20. The van der Waals surface area contributed by atoms with Crippen LogP contribution < -0.4 is 9.84 Å². The number of aromatic nitrogens is 1. The fourth-order valence-electron chi connectivity index (χ4n) is 3.26. The number of nitrogens with zero attached hydrogens (tertiary/aromatic N) is 1. The average Bonchev–Trinajstić information content (AvgIpc) is 2.74. The first-order chi connectivity index (χ1) is 14.0. The lowest BCUT2D eigenvalue weighted by Crippen LogP contribution is -2.22. The lowest BCUT2D eigenvalue weighted by Gasteiger charge is -2.11. The summed E-state index contributed by atoms with van der Waals surface area (Å²) in [5, 5.41) is 11.8. The maximum atomic E-state index is 13.5. The van der Waals surface area contributed by atoms with Crippen molar-refractivity contribution in [3.05, 3.63) is 84.2 Å². The van der Waals surface area contributed by atoms with E-state index in [1.165, 1.54) is 18.2 Å². The highest BCUT2D eigenvalue weighted by atomic mass is 19.1. The minimum atomic E-state index is -1.37. The first-order valence-corrected chi connectivity index (χ1v) is 9.20. The lowest BCUT2D eigenvalue weighted by molar-refractivity contribution is -0.254. The number of fused-ring (bicyclic) bond motifs is 1. The van der Waals surface area contributed by atoms with Crippen LogP contribution in [0.5, 0.6) is 5.75 Å². The van der Waals surface area contributed by atoms with Crippen LogP contribution in [0.25, 0.3) is 33.3 Å². The molecule has 4 rings (SSSR count). The van der Waals surface area contributed by atoms with E-state index in [4.69, 9.17) is 4.74 Å². The van der Waals surface area contributed by atoms with Gasteiger partial charge in [0.05, 0.1) is 23.8 Å². The van der Waals surface area contributed by atoms with Crippen LogP contribution in [0.2, 0.25) is 0 Å². The number of hydrogen-bond donors (Lipinski definition) is 0. The number of pyridine rings is 1. The molecule has 0 saturated carbocycles. The number of carboxylic acid groups (broad SMARTS) is 1. The number of carbonyl (C=O) groups excluding carboxylic acids is 1. The minimum absolute atomic E-state index is 0.0833. The van der Waals surface area contributed by atoms with E-state index in [1.807, 2.05) is 55.5 Å². The summed E-state index contributed by atoms with van der Waals surface area (Å²) in [5.74, 6) is -1.07. The third kappa shape index (κ3) is 3.80. The van der Waals surface area contributed by atoms with Crippen LogP contribution in [0.1, 0.15) is 17.3 Å². The quantitative estimate of drug-likeness (QED) is 0.508. The Hall–Kier alpha value is -3.73. The number of halogens is 1. The van der Waals surface area contributed by atoms with Crippen LogP contribution in [-0.4, -0.2) is 17.6 Å². The molecule has 0 fully saturated rings. The number of ether oxygens (including phenoxy) is 1. The van der Waals surface area contributed by atoms with Gasteiger partial charge in [-0.15, -0.1) is 0 Å². The van der Waals surface area contributed by atoms with Crippen molar-refractivity contribution >= 4 is 16.9 Å². The molecule has 0 N–H and O–H groups in total. The van der Waals surface area contributed by atoms with Crippen molar-refractivity contribution in [2.24, 2.45) is 0 Å². The van der Waals surface area contributed by atoms with Gasteiger partial charge in [-0.25, -0.2) is 9.37 Å². The van der Waals surface area contributed by atoms with E-state index in [-0.39, 0.29) is 10.9 Å². The van der Waals surface area contributed by atoms with Crippen molar-refractivity contribution in [1.82, 2.24) is 4.98 Å². The summed E-state index contributed by atoms with van der Waals surface area (Å²) in [5.41, 5.74) is 3.62. The van der Waals surface area contributed by atoms with Crippen molar-refractivity contribution in [1.29, 1.82) is 0 Å².